The quantitative estimate of drug-likeness (QED) is 0.919. The lowest BCUT2D eigenvalue weighted by atomic mass is 10.2. The van der Waals surface area contributed by atoms with Gasteiger partial charge in [-0.05, 0) is 32.9 Å². The number of hydrogen-bond acceptors (Lipinski definition) is 3. The van der Waals surface area contributed by atoms with E-state index in [1.165, 1.54) is 5.56 Å². The Balaban J connectivity index is 1.88. The van der Waals surface area contributed by atoms with E-state index in [9.17, 15) is 4.79 Å². The van der Waals surface area contributed by atoms with E-state index in [2.05, 4.69) is 10.2 Å². The fraction of sp³-hybridized carbons (Fsp3) is 0.375. The summed E-state index contributed by atoms with van der Waals surface area (Å²) in [5.41, 5.74) is 3.36. The summed E-state index contributed by atoms with van der Waals surface area (Å²) in [6.07, 6.45) is 0. The van der Waals surface area contributed by atoms with Crippen LogP contribution < -0.4 is 4.74 Å². The molecule has 0 aliphatic carbocycles. The van der Waals surface area contributed by atoms with E-state index in [-0.39, 0.29) is 5.91 Å². The van der Waals surface area contributed by atoms with E-state index in [0.717, 1.165) is 17.1 Å². The molecule has 1 aromatic heterocycles. The molecule has 1 amide bonds. The highest BCUT2D eigenvalue weighted by molar-refractivity contribution is 5.96. The molecule has 0 aliphatic rings. The lowest BCUT2D eigenvalue weighted by Gasteiger charge is -2.17. The third-order valence-electron chi connectivity index (χ3n) is 3.41. The smallest absolute Gasteiger partial charge is 0.257 e. The summed E-state index contributed by atoms with van der Waals surface area (Å²) < 4.78 is 5.64. The zero-order chi connectivity index (χ0) is 15.4. The number of carbonyl (C=O) groups is 1. The zero-order valence-corrected chi connectivity index (χ0v) is 12.9. The van der Waals surface area contributed by atoms with E-state index in [4.69, 9.17) is 4.74 Å². The first-order valence-electron chi connectivity index (χ1n) is 6.95. The molecule has 0 bridgehead atoms. The van der Waals surface area contributed by atoms with E-state index in [1.807, 2.05) is 45.0 Å². The molecule has 0 saturated carbocycles. The number of aryl methyl sites for hydroxylation is 3. The molecule has 1 N–H and O–H groups in total. The second-order valence-corrected chi connectivity index (χ2v) is 5.20. The number of hydrogen-bond donors (Lipinski definition) is 1. The molecule has 112 valence electrons. The van der Waals surface area contributed by atoms with Gasteiger partial charge in [-0.3, -0.25) is 9.89 Å². The minimum Gasteiger partial charge on any atom is -0.492 e. The normalized spacial score (nSPS) is 10.5. The Kier molecular flexibility index (Phi) is 4.62. The SMILES string of the molecule is Cc1ccc(OCCN(C)C(=O)c2c(C)n[nH]c2C)cc1. The number of nitrogens with one attached hydrogen (secondary N) is 1. The summed E-state index contributed by atoms with van der Waals surface area (Å²) in [5.74, 6) is 0.781. The molecule has 2 rings (SSSR count). The van der Waals surface area contributed by atoms with Crippen LogP contribution in [0.15, 0.2) is 24.3 Å². The predicted molar refractivity (Wildman–Crippen MR) is 81.7 cm³/mol. The van der Waals surface area contributed by atoms with Crippen molar-refractivity contribution in [2.24, 2.45) is 0 Å². The summed E-state index contributed by atoms with van der Waals surface area (Å²) in [5, 5.41) is 6.88. The first kappa shape index (κ1) is 15.1. The summed E-state index contributed by atoms with van der Waals surface area (Å²) in [7, 11) is 1.77. The number of rotatable bonds is 5. The number of H-pyrrole nitrogens is 1. The topological polar surface area (TPSA) is 58.2 Å². The van der Waals surface area contributed by atoms with E-state index in [0.29, 0.717) is 18.7 Å². The Bertz CT molecular complexity index is 597. The first-order chi connectivity index (χ1) is 9.99. The largest absolute Gasteiger partial charge is 0.492 e. The average Bonchev–Trinajstić information content (AvgIpc) is 2.79. The van der Waals surface area contributed by atoms with Crippen molar-refractivity contribution in [3.05, 3.63) is 46.8 Å². The monoisotopic (exact) mass is 287 g/mol. The van der Waals surface area contributed by atoms with Crippen LogP contribution in [0.3, 0.4) is 0 Å². The van der Waals surface area contributed by atoms with Crippen LogP contribution in [0.2, 0.25) is 0 Å². The van der Waals surface area contributed by atoms with Gasteiger partial charge in [-0.2, -0.15) is 5.10 Å². The van der Waals surface area contributed by atoms with Crippen molar-refractivity contribution < 1.29 is 9.53 Å². The lowest BCUT2D eigenvalue weighted by molar-refractivity contribution is 0.0772. The van der Waals surface area contributed by atoms with Gasteiger partial charge in [-0.15, -0.1) is 0 Å². The minimum absolute atomic E-state index is 0.0359. The molecular formula is C16H21N3O2. The number of aromatic nitrogens is 2. The van der Waals surface area contributed by atoms with Crippen LogP contribution in [-0.2, 0) is 0 Å². The van der Waals surface area contributed by atoms with Crippen LogP contribution in [0.5, 0.6) is 5.75 Å². The van der Waals surface area contributed by atoms with Crippen molar-refractivity contribution in [3.8, 4) is 5.75 Å². The molecule has 2 aromatic rings. The molecule has 1 aromatic carbocycles. The van der Waals surface area contributed by atoms with Gasteiger partial charge in [0.15, 0.2) is 0 Å². The van der Waals surface area contributed by atoms with E-state index < -0.39 is 0 Å². The summed E-state index contributed by atoms with van der Waals surface area (Å²) in [6.45, 7) is 6.70. The first-order valence-corrected chi connectivity index (χ1v) is 6.95. The Morgan fingerprint density at radius 1 is 1.24 bits per heavy atom. The standard InChI is InChI=1S/C16H21N3O2/c1-11-5-7-14(8-6-11)21-10-9-19(4)16(20)15-12(2)17-18-13(15)3/h5-8H,9-10H2,1-4H3,(H,17,18). The van der Waals surface area contributed by atoms with Crippen LogP contribution in [0, 0.1) is 20.8 Å². The molecule has 0 fully saturated rings. The summed E-state index contributed by atoms with van der Waals surface area (Å²) in [6, 6.07) is 7.87. The molecule has 5 heteroatoms. The molecule has 0 unspecified atom stereocenters. The van der Waals surface area contributed by atoms with Gasteiger partial charge in [0.1, 0.15) is 12.4 Å². The second-order valence-electron chi connectivity index (χ2n) is 5.20. The molecule has 0 aliphatic heterocycles. The summed E-state index contributed by atoms with van der Waals surface area (Å²) >= 11 is 0. The Hall–Kier alpha value is -2.30. The number of amides is 1. The highest BCUT2D eigenvalue weighted by atomic mass is 16.5. The van der Waals surface area contributed by atoms with Gasteiger partial charge in [0.25, 0.3) is 5.91 Å². The number of benzene rings is 1. The number of nitrogens with zero attached hydrogens (tertiary/aromatic N) is 2. The number of carbonyl (C=O) groups excluding carboxylic acids is 1. The van der Waals surface area contributed by atoms with Gasteiger partial charge >= 0.3 is 0 Å². The highest BCUT2D eigenvalue weighted by Crippen LogP contribution is 2.13. The van der Waals surface area contributed by atoms with Gasteiger partial charge in [-0.25, -0.2) is 0 Å². The van der Waals surface area contributed by atoms with Gasteiger partial charge in [0, 0.05) is 12.7 Å². The van der Waals surface area contributed by atoms with Gasteiger partial charge in [-0.1, -0.05) is 17.7 Å². The van der Waals surface area contributed by atoms with Crippen LogP contribution in [-0.4, -0.2) is 41.2 Å². The van der Waals surface area contributed by atoms with Crippen molar-refractivity contribution in [3.63, 3.8) is 0 Å². The van der Waals surface area contributed by atoms with Gasteiger partial charge in [0.05, 0.1) is 17.8 Å². The maximum Gasteiger partial charge on any atom is 0.257 e. The van der Waals surface area contributed by atoms with Crippen molar-refractivity contribution in [2.45, 2.75) is 20.8 Å². The van der Waals surface area contributed by atoms with Crippen LogP contribution in [0.1, 0.15) is 27.3 Å². The van der Waals surface area contributed by atoms with Gasteiger partial charge in [0.2, 0.25) is 0 Å². The molecule has 0 radical (unpaired) electrons. The molecule has 1 heterocycles. The van der Waals surface area contributed by atoms with Crippen LogP contribution >= 0.6 is 0 Å². The zero-order valence-electron chi connectivity index (χ0n) is 12.9. The molecule has 5 nitrogen and oxygen atoms in total. The van der Waals surface area contributed by atoms with Gasteiger partial charge < -0.3 is 9.64 Å². The molecule has 0 spiro atoms. The Labute approximate surface area is 124 Å². The van der Waals surface area contributed by atoms with Crippen molar-refractivity contribution in [1.29, 1.82) is 0 Å². The lowest BCUT2D eigenvalue weighted by Crippen LogP contribution is -2.31. The average molecular weight is 287 g/mol. The number of likely N-dealkylation sites (N-methyl/N-ethyl adjacent to an activating group) is 1. The Morgan fingerprint density at radius 3 is 2.48 bits per heavy atom. The maximum absolute atomic E-state index is 12.3. The third kappa shape index (κ3) is 3.62. The molecule has 0 atom stereocenters. The van der Waals surface area contributed by atoms with Crippen LogP contribution in [0.25, 0.3) is 0 Å². The second kappa shape index (κ2) is 6.43. The number of ether oxygens (including phenoxy) is 1. The minimum atomic E-state index is -0.0359. The Morgan fingerprint density at radius 2 is 1.90 bits per heavy atom. The van der Waals surface area contributed by atoms with E-state index >= 15 is 0 Å². The van der Waals surface area contributed by atoms with E-state index in [1.54, 1.807) is 11.9 Å². The molecule has 0 saturated heterocycles. The third-order valence-corrected chi connectivity index (χ3v) is 3.41. The summed E-state index contributed by atoms with van der Waals surface area (Å²) in [4.78, 5) is 14.0. The number of aromatic amines is 1. The maximum atomic E-state index is 12.3. The fourth-order valence-corrected chi connectivity index (χ4v) is 2.09. The highest BCUT2D eigenvalue weighted by Gasteiger charge is 2.18. The van der Waals surface area contributed by atoms with Crippen molar-refractivity contribution in [2.75, 3.05) is 20.2 Å². The predicted octanol–water partition coefficient (Wildman–Crippen LogP) is 2.49. The molecule has 21 heavy (non-hydrogen) atoms. The fourth-order valence-electron chi connectivity index (χ4n) is 2.09. The van der Waals surface area contributed by atoms with Crippen LogP contribution in [0.4, 0.5) is 0 Å². The molecular weight excluding hydrogens is 266 g/mol. The van der Waals surface area contributed by atoms with Crippen molar-refractivity contribution >= 4 is 5.91 Å². The van der Waals surface area contributed by atoms with Crippen molar-refractivity contribution in [1.82, 2.24) is 15.1 Å².